The van der Waals surface area contributed by atoms with Crippen LogP contribution in [0.1, 0.15) is 62.9 Å². The van der Waals surface area contributed by atoms with E-state index in [0.29, 0.717) is 44.7 Å². The zero-order valence-corrected chi connectivity index (χ0v) is 24.2. The molecule has 11 nitrogen and oxygen atoms in total. The van der Waals surface area contributed by atoms with Gasteiger partial charge in [0.05, 0.1) is 12.3 Å². The van der Waals surface area contributed by atoms with E-state index in [9.17, 15) is 19.2 Å². The minimum atomic E-state index is -1.35. The van der Waals surface area contributed by atoms with Crippen LogP contribution in [0.3, 0.4) is 0 Å². The average Bonchev–Trinajstić information content (AvgIpc) is 3.01. The fourth-order valence-electron chi connectivity index (χ4n) is 4.18. The number of esters is 2. The van der Waals surface area contributed by atoms with Gasteiger partial charge >= 0.3 is 18.0 Å². The van der Waals surface area contributed by atoms with Crippen LogP contribution in [-0.2, 0) is 19.1 Å². The lowest BCUT2D eigenvalue weighted by Crippen LogP contribution is -2.49. The predicted molar refractivity (Wildman–Crippen MR) is 155 cm³/mol. The van der Waals surface area contributed by atoms with Crippen LogP contribution in [0, 0.1) is 5.82 Å². The van der Waals surface area contributed by atoms with E-state index in [1.54, 1.807) is 30.3 Å². The molecule has 1 aromatic heterocycles. The van der Waals surface area contributed by atoms with E-state index in [4.69, 9.17) is 9.47 Å². The minimum absolute atomic E-state index is 0.0326. The summed E-state index contributed by atoms with van der Waals surface area (Å²) in [5.74, 6) is -2.96. The topological polar surface area (TPSA) is 139 Å². The van der Waals surface area contributed by atoms with Crippen LogP contribution in [0.15, 0.2) is 36.4 Å². The van der Waals surface area contributed by atoms with E-state index in [1.165, 1.54) is 11.0 Å². The van der Waals surface area contributed by atoms with Crippen LogP contribution < -0.4 is 16.0 Å². The van der Waals surface area contributed by atoms with Crippen molar-refractivity contribution in [3.8, 4) is 11.3 Å². The third-order valence-electron chi connectivity index (χ3n) is 6.63. The van der Waals surface area contributed by atoms with E-state index in [-0.39, 0.29) is 36.5 Å². The van der Waals surface area contributed by atoms with Crippen LogP contribution in [0.2, 0.25) is 0 Å². The van der Waals surface area contributed by atoms with Crippen molar-refractivity contribution in [2.24, 2.45) is 0 Å². The molecule has 1 unspecified atom stereocenters. The molecule has 3 N–H and O–H groups in total. The largest absolute Gasteiger partial charge is 0.466 e. The van der Waals surface area contributed by atoms with E-state index in [2.05, 4.69) is 20.9 Å². The Morgan fingerprint density at radius 2 is 1.79 bits per heavy atom. The highest BCUT2D eigenvalue weighted by atomic mass is 19.1. The number of pyridine rings is 1. The van der Waals surface area contributed by atoms with Gasteiger partial charge < -0.3 is 30.3 Å². The average molecular weight is 586 g/mol. The maximum atomic E-state index is 15.4. The smallest absolute Gasteiger partial charge is 0.417 e. The first-order valence-corrected chi connectivity index (χ1v) is 14.5. The fraction of sp³-hybridized carbons (Fsp3) is 0.500. The van der Waals surface area contributed by atoms with Crippen LogP contribution in [0.4, 0.5) is 14.9 Å². The number of unbranched alkanes of at least 4 members (excludes halogenated alkanes) is 2. The number of carbonyl (C=O) groups is 4. The predicted octanol–water partition coefficient (Wildman–Crippen LogP) is 3.89. The molecule has 42 heavy (non-hydrogen) atoms. The molecule has 228 valence electrons. The van der Waals surface area contributed by atoms with E-state index >= 15 is 4.39 Å². The number of halogens is 1. The van der Waals surface area contributed by atoms with Crippen LogP contribution in [0.25, 0.3) is 11.3 Å². The minimum Gasteiger partial charge on any atom is -0.466 e. The van der Waals surface area contributed by atoms with E-state index < -0.39 is 35.8 Å². The van der Waals surface area contributed by atoms with Gasteiger partial charge in [-0.3, -0.25) is 9.59 Å². The second-order valence-corrected chi connectivity index (χ2v) is 9.93. The lowest BCUT2D eigenvalue weighted by atomic mass is 10.1. The zero-order valence-electron chi connectivity index (χ0n) is 24.2. The number of aromatic nitrogens is 1. The van der Waals surface area contributed by atoms with Gasteiger partial charge in [0.15, 0.2) is 5.82 Å². The molecule has 2 amide bonds. The second-order valence-electron chi connectivity index (χ2n) is 9.93. The lowest BCUT2D eigenvalue weighted by molar-refractivity contribution is -0.144. The number of hydrogen-bond donors (Lipinski definition) is 3. The molecule has 1 aliphatic heterocycles. The number of rotatable bonds is 14. The number of ether oxygens (including phenoxy) is 2. The quantitative estimate of drug-likeness (QED) is 0.171. The zero-order chi connectivity index (χ0) is 30.3. The Morgan fingerprint density at radius 1 is 1.07 bits per heavy atom. The monoisotopic (exact) mass is 585 g/mol. The first-order chi connectivity index (χ1) is 20.3. The summed E-state index contributed by atoms with van der Waals surface area (Å²) in [4.78, 5) is 57.0. The molecule has 0 aliphatic carbocycles. The third kappa shape index (κ3) is 9.79. The number of benzene rings is 1. The van der Waals surface area contributed by atoms with Gasteiger partial charge in [-0.05, 0) is 25.3 Å². The van der Waals surface area contributed by atoms with Crippen molar-refractivity contribution in [1.29, 1.82) is 0 Å². The van der Waals surface area contributed by atoms with Gasteiger partial charge in [-0.2, -0.15) is 0 Å². The summed E-state index contributed by atoms with van der Waals surface area (Å²) in [5.41, 5.74) is 0.381. The lowest BCUT2D eigenvalue weighted by Gasteiger charge is -2.26. The van der Waals surface area contributed by atoms with E-state index in [1.807, 2.05) is 13.8 Å². The van der Waals surface area contributed by atoms with Gasteiger partial charge in [0.25, 0.3) is 5.91 Å². The Labute approximate surface area is 245 Å². The number of nitrogens with one attached hydrogen (secondary N) is 3. The second kappa shape index (κ2) is 17.0. The molecular formula is C30H40FN5O6. The highest BCUT2D eigenvalue weighted by Gasteiger charge is 2.30. The van der Waals surface area contributed by atoms with Gasteiger partial charge in [-0.15, -0.1) is 0 Å². The molecule has 2 aromatic rings. The molecular weight excluding hydrogens is 545 g/mol. The Kier molecular flexibility index (Phi) is 13.2. The Balaban J connectivity index is 1.83. The Bertz CT molecular complexity index is 1210. The Hall–Kier alpha value is -4.06. The number of piperazine rings is 1. The van der Waals surface area contributed by atoms with Crippen molar-refractivity contribution < 1.29 is 33.0 Å². The van der Waals surface area contributed by atoms with E-state index in [0.717, 1.165) is 19.3 Å². The van der Waals surface area contributed by atoms with Crippen LogP contribution >= 0.6 is 0 Å². The third-order valence-corrected chi connectivity index (χ3v) is 6.63. The standard InChI is InChI=1S/C30H40FN5O6/c1-3-5-14-33-23-20-24(34-27(26(23)31)21-10-8-7-9-11-21)28(38)35-22(12-13-25(37)41-19-6-4-2)29(39)42-30(40)36-17-15-32-16-18-36/h7-11,20,22,32H,3-6,12-19H2,1-2H3,(H,33,34)(H,35,38). The van der Waals surface area contributed by atoms with Crippen molar-refractivity contribution in [2.75, 3.05) is 44.6 Å². The number of hydrogen-bond acceptors (Lipinski definition) is 9. The maximum absolute atomic E-state index is 15.4. The SMILES string of the molecule is CCCCNc1cc(C(=O)NC(CCC(=O)OCCCC)C(=O)OC(=O)N2CCNCC2)nc(-c2ccccc2)c1F. The molecule has 1 fully saturated rings. The van der Waals surface area contributed by atoms with Crippen molar-refractivity contribution in [1.82, 2.24) is 20.5 Å². The summed E-state index contributed by atoms with van der Waals surface area (Å²) in [5, 5.41) is 8.66. The number of carbonyl (C=O) groups excluding carboxylic acids is 4. The van der Waals surface area contributed by atoms with Gasteiger partial charge in [0, 0.05) is 44.7 Å². The molecule has 1 saturated heterocycles. The molecule has 1 atom stereocenters. The van der Waals surface area contributed by atoms with Crippen molar-refractivity contribution in [2.45, 2.75) is 58.4 Å². The van der Waals surface area contributed by atoms with Crippen molar-refractivity contribution in [3.05, 3.63) is 47.9 Å². The van der Waals surface area contributed by atoms with Gasteiger partial charge in [0.1, 0.15) is 17.4 Å². The maximum Gasteiger partial charge on any atom is 0.417 e. The molecule has 0 bridgehead atoms. The first kappa shape index (κ1) is 32.5. The van der Waals surface area contributed by atoms with Crippen molar-refractivity contribution >= 4 is 29.6 Å². The highest BCUT2D eigenvalue weighted by molar-refractivity contribution is 5.98. The Morgan fingerprint density at radius 3 is 2.48 bits per heavy atom. The molecule has 3 rings (SSSR count). The van der Waals surface area contributed by atoms with Crippen LogP contribution in [0.5, 0.6) is 0 Å². The van der Waals surface area contributed by atoms with Crippen LogP contribution in [-0.4, -0.2) is 79.2 Å². The molecule has 2 heterocycles. The molecule has 1 aromatic carbocycles. The van der Waals surface area contributed by atoms with Crippen molar-refractivity contribution in [3.63, 3.8) is 0 Å². The normalized spacial score (nSPS) is 13.6. The fourth-order valence-corrected chi connectivity index (χ4v) is 4.18. The first-order valence-electron chi connectivity index (χ1n) is 14.5. The number of anilines is 1. The molecule has 12 heteroatoms. The summed E-state index contributed by atoms with van der Waals surface area (Å²) in [6.45, 7) is 6.53. The molecule has 0 saturated carbocycles. The molecule has 0 radical (unpaired) electrons. The van der Waals surface area contributed by atoms with Gasteiger partial charge in [0.2, 0.25) is 0 Å². The summed E-state index contributed by atoms with van der Waals surface area (Å²) in [6, 6.07) is 8.52. The summed E-state index contributed by atoms with van der Waals surface area (Å²) < 4.78 is 25.7. The van der Waals surface area contributed by atoms with Gasteiger partial charge in [-0.25, -0.2) is 19.0 Å². The molecule has 0 spiro atoms. The van der Waals surface area contributed by atoms with Gasteiger partial charge in [-0.1, -0.05) is 57.0 Å². The number of amides is 2. The summed E-state index contributed by atoms with van der Waals surface area (Å²) in [6.07, 6.45) is 2.02. The summed E-state index contributed by atoms with van der Waals surface area (Å²) >= 11 is 0. The molecule has 1 aliphatic rings. The highest BCUT2D eigenvalue weighted by Crippen LogP contribution is 2.27. The number of nitrogens with zero attached hydrogens (tertiary/aromatic N) is 2. The summed E-state index contributed by atoms with van der Waals surface area (Å²) in [7, 11) is 0.